The molecule has 0 saturated heterocycles. The van der Waals surface area contributed by atoms with Crippen molar-refractivity contribution in [1.82, 2.24) is 0 Å². The third kappa shape index (κ3) is 3.09. The van der Waals surface area contributed by atoms with Crippen molar-refractivity contribution in [3.63, 3.8) is 0 Å². The van der Waals surface area contributed by atoms with Gasteiger partial charge < -0.3 is 9.68 Å². The number of hydrogen-bond acceptors (Lipinski definition) is 4. The summed E-state index contributed by atoms with van der Waals surface area (Å²) in [7, 11) is 3.00. The van der Waals surface area contributed by atoms with Crippen molar-refractivity contribution in [2.24, 2.45) is 10.3 Å². The topological polar surface area (TPSA) is 43.2 Å². The van der Waals surface area contributed by atoms with E-state index in [1.54, 1.807) is 0 Å². The average molecular weight is 206 g/mol. The van der Waals surface area contributed by atoms with Crippen LogP contribution in [0.15, 0.2) is 40.6 Å². The summed E-state index contributed by atoms with van der Waals surface area (Å²) in [5, 5.41) is 7.74. The second-order valence-corrected chi connectivity index (χ2v) is 2.85. The van der Waals surface area contributed by atoms with Gasteiger partial charge in [-0.15, -0.1) is 0 Å². The summed E-state index contributed by atoms with van der Waals surface area (Å²) in [4.78, 5) is 9.48. The monoisotopic (exact) mass is 206 g/mol. The molecule has 0 aliphatic carbocycles. The molecule has 0 bridgehead atoms. The maximum Gasteiger partial charge on any atom is 0.134 e. The first-order valence-electron chi connectivity index (χ1n) is 4.54. The zero-order valence-corrected chi connectivity index (χ0v) is 9.10. The van der Waals surface area contributed by atoms with Crippen molar-refractivity contribution in [3.05, 3.63) is 35.9 Å². The van der Waals surface area contributed by atoms with Gasteiger partial charge in [-0.2, -0.15) is 0 Å². The molecule has 1 aromatic rings. The fraction of sp³-hybridized carbons (Fsp3) is 0.273. The Morgan fingerprint density at radius 1 is 1.00 bits per heavy atom. The Hall–Kier alpha value is -1.84. The van der Waals surface area contributed by atoms with E-state index in [2.05, 4.69) is 10.3 Å². The van der Waals surface area contributed by atoms with E-state index in [0.717, 1.165) is 5.56 Å². The largest absolute Gasteiger partial charge is 0.399 e. The highest BCUT2D eigenvalue weighted by Gasteiger charge is 2.08. The highest BCUT2D eigenvalue weighted by Crippen LogP contribution is 2.03. The van der Waals surface area contributed by atoms with Gasteiger partial charge in [-0.25, -0.2) is 0 Å². The quantitative estimate of drug-likeness (QED) is 0.559. The number of rotatable bonds is 4. The van der Waals surface area contributed by atoms with Crippen molar-refractivity contribution in [3.8, 4) is 0 Å². The van der Waals surface area contributed by atoms with E-state index in [0.29, 0.717) is 11.4 Å². The SMILES string of the molecule is CON=C(C)C(=NOC)c1ccccc1. The first-order valence-corrected chi connectivity index (χ1v) is 4.54. The first-order chi connectivity index (χ1) is 7.29. The molecule has 0 radical (unpaired) electrons. The number of hydrogen-bond donors (Lipinski definition) is 0. The summed E-state index contributed by atoms with van der Waals surface area (Å²) in [5.41, 5.74) is 2.28. The maximum absolute atomic E-state index is 4.78. The van der Waals surface area contributed by atoms with Crippen molar-refractivity contribution < 1.29 is 9.68 Å². The normalized spacial score (nSPS) is 12.5. The maximum atomic E-state index is 4.78. The summed E-state index contributed by atoms with van der Waals surface area (Å²) < 4.78 is 0. The molecule has 0 aliphatic heterocycles. The van der Waals surface area contributed by atoms with Crippen LogP contribution in [0, 0.1) is 0 Å². The summed E-state index contributed by atoms with van der Waals surface area (Å²) in [5.74, 6) is 0. The van der Waals surface area contributed by atoms with Gasteiger partial charge in [0.1, 0.15) is 25.6 Å². The second-order valence-electron chi connectivity index (χ2n) is 2.85. The standard InChI is InChI=1S/C11H14N2O2/c1-9(12-14-2)11(13-15-3)10-7-5-4-6-8-10/h4-8H,1-3H3. The zero-order chi connectivity index (χ0) is 11.1. The molecular formula is C11H14N2O2. The lowest BCUT2D eigenvalue weighted by Gasteiger charge is -2.04. The third-order valence-corrected chi connectivity index (χ3v) is 1.80. The summed E-state index contributed by atoms with van der Waals surface area (Å²) in [6, 6.07) is 9.68. The fourth-order valence-corrected chi connectivity index (χ4v) is 1.20. The van der Waals surface area contributed by atoms with E-state index in [4.69, 9.17) is 9.68 Å². The molecule has 0 saturated carbocycles. The summed E-state index contributed by atoms with van der Waals surface area (Å²) in [6.07, 6.45) is 0. The van der Waals surface area contributed by atoms with Crippen molar-refractivity contribution in [2.45, 2.75) is 6.92 Å². The van der Waals surface area contributed by atoms with Gasteiger partial charge in [0.05, 0.1) is 0 Å². The van der Waals surface area contributed by atoms with Crippen molar-refractivity contribution in [2.75, 3.05) is 14.2 Å². The van der Waals surface area contributed by atoms with Crippen LogP contribution < -0.4 is 0 Å². The lowest BCUT2D eigenvalue weighted by atomic mass is 10.1. The molecule has 15 heavy (non-hydrogen) atoms. The highest BCUT2D eigenvalue weighted by molar-refractivity contribution is 6.47. The van der Waals surface area contributed by atoms with E-state index < -0.39 is 0 Å². The molecule has 0 aromatic heterocycles. The van der Waals surface area contributed by atoms with Crippen molar-refractivity contribution >= 4 is 11.4 Å². The minimum Gasteiger partial charge on any atom is -0.399 e. The van der Waals surface area contributed by atoms with Crippen molar-refractivity contribution in [1.29, 1.82) is 0 Å². The molecule has 4 nitrogen and oxygen atoms in total. The smallest absolute Gasteiger partial charge is 0.134 e. The van der Waals surface area contributed by atoms with Crippen LogP contribution in [-0.4, -0.2) is 25.6 Å². The summed E-state index contributed by atoms with van der Waals surface area (Å²) in [6.45, 7) is 1.81. The predicted octanol–water partition coefficient (Wildman–Crippen LogP) is 2.06. The molecular weight excluding hydrogens is 192 g/mol. The van der Waals surface area contributed by atoms with Gasteiger partial charge in [-0.1, -0.05) is 40.6 Å². The number of oxime groups is 2. The third-order valence-electron chi connectivity index (χ3n) is 1.80. The van der Waals surface area contributed by atoms with Gasteiger partial charge in [0.25, 0.3) is 0 Å². The van der Waals surface area contributed by atoms with Gasteiger partial charge in [-0.3, -0.25) is 0 Å². The van der Waals surface area contributed by atoms with E-state index in [1.165, 1.54) is 14.2 Å². The lowest BCUT2D eigenvalue weighted by Crippen LogP contribution is -2.12. The van der Waals surface area contributed by atoms with Crippen LogP contribution in [0.2, 0.25) is 0 Å². The Labute approximate surface area is 89.2 Å². The second kappa shape index (κ2) is 5.80. The molecule has 4 heteroatoms. The van der Waals surface area contributed by atoms with E-state index in [1.807, 2.05) is 37.3 Å². The molecule has 0 aliphatic rings. The molecule has 1 rings (SSSR count). The number of benzene rings is 1. The van der Waals surface area contributed by atoms with Crippen LogP contribution in [-0.2, 0) is 9.68 Å². The van der Waals surface area contributed by atoms with E-state index >= 15 is 0 Å². The van der Waals surface area contributed by atoms with Gasteiger partial charge in [0.15, 0.2) is 0 Å². The van der Waals surface area contributed by atoms with Gasteiger partial charge in [0.2, 0.25) is 0 Å². The van der Waals surface area contributed by atoms with Crippen LogP contribution in [0.4, 0.5) is 0 Å². The van der Waals surface area contributed by atoms with Gasteiger partial charge in [0, 0.05) is 5.56 Å². The molecule has 0 heterocycles. The van der Waals surface area contributed by atoms with Crippen LogP contribution >= 0.6 is 0 Å². The van der Waals surface area contributed by atoms with Crippen LogP contribution in [0.25, 0.3) is 0 Å². The fourth-order valence-electron chi connectivity index (χ4n) is 1.20. The lowest BCUT2D eigenvalue weighted by molar-refractivity contribution is 0.210. The van der Waals surface area contributed by atoms with E-state index in [-0.39, 0.29) is 0 Å². The zero-order valence-electron chi connectivity index (χ0n) is 9.10. The highest BCUT2D eigenvalue weighted by atomic mass is 16.6. The molecule has 80 valence electrons. The molecule has 0 N–H and O–H groups in total. The molecule has 1 aromatic carbocycles. The molecule has 0 unspecified atom stereocenters. The summed E-state index contributed by atoms with van der Waals surface area (Å²) >= 11 is 0. The van der Waals surface area contributed by atoms with Crippen LogP contribution in [0.3, 0.4) is 0 Å². The number of nitrogens with zero attached hydrogens (tertiary/aromatic N) is 2. The van der Waals surface area contributed by atoms with Crippen LogP contribution in [0.1, 0.15) is 12.5 Å². The molecule has 0 atom stereocenters. The average Bonchev–Trinajstić information content (AvgIpc) is 2.27. The Morgan fingerprint density at radius 3 is 2.13 bits per heavy atom. The Balaban J connectivity index is 3.05. The van der Waals surface area contributed by atoms with E-state index in [9.17, 15) is 0 Å². The Morgan fingerprint density at radius 2 is 1.60 bits per heavy atom. The van der Waals surface area contributed by atoms with Gasteiger partial charge in [-0.05, 0) is 6.92 Å². The molecule has 0 spiro atoms. The Kier molecular flexibility index (Phi) is 4.34. The molecule has 0 amide bonds. The van der Waals surface area contributed by atoms with Gasteiger partial charge >= 0.3 is 0 Å². The minimum atomic E-state index is 0.667. The van der Waals surface area contributed by atoms with Crippen LogP contribution in [0.5, 0.6) is 0 Å². The molecule has 0 fully saturated rings. The minimum absolute atomic E-state index is 0.667. The predicted molar refractivity (Wildman–Crippen MR) is 60.1 cm³/mol. The Bertz CT molecular complexity index is 358. The first kappa shape index (κ1) is 11.2.